The van der Waals surface area contributed by atoms with E-state index in [0.717, 1.165) is 63.5 Å². The Morgan fingerprint density at radius 1 is 1.08 bits per heavy atom. The van der Waals surface area contributed by atoms with Gasteiger partial charge >= 0.3 is 5.97 Å². The summed E-state index contributed by atoms with van der Waals surface area (Å²) in [6.45, 7) is 5.98. The van der Waals surface area contributed by atoms with E-state index in [-0.39, 0.29) is 18.7 Å². The predicted molar refractivity (Wildman–Crippen MR) is 149 cm³/mol. The fourth-order valence-electron chi connectivity index (χ4n) is 5.38. The summed E-state index contributed by atoms with van der Waals surface area (Å²) in [6, 6.07) is 15.8. The molecular weight excluding hydrogens is 478 g/mol. The van der Waals surface area contributed by atoms with Gasteiger partial charge in [-0.2, -0.15) is 0 Å². The normalized spacial score (nSPS) is 14.5. The zero-order valence-electron chi connectivity index (χ0n) is 22.0. The van der Waals surface area contributed by atoms with Crippen molar-refractivity contribution in [1.82, 2.24) is 10.3 Å². The van der Waals surface area contributed by atoms with Crippen LogP contribution in [0.15, 0.2) is 59.1 Å². The number of carbonyl (C=O) groups excluding carboxylic acids is 1. The van der Waals surface area contributed by atoms with Crippen molar-refractivity contribution in [3.05, 3.63) is 88.5 Å². The number of H-pyrrole nitrogens is 1. The molecule has 0 aliphatic carbocycles. The first-order valence-electron chi connectivity index (χ1n) is 13.4. The molecule has 2 aromatic carbocycles. The van der Waals surface area contributed by atoms with E-state index in [0.29, 0.717) is 6.42 Å². The van der Waals surface area contributed by atoms with Crippen LogP contribution in [0, 0.1) is 13.8 Å². The Morgan fingerprint density at radius 3 is 2.61 bits per heavy atom. The first kappa shape index (κ1) is 25.6. The Balaban J connectivity index is 1.42. The number of fused-ring (bicyclic) bond motifs is 1. The van der Waals surface area contributed by atoms with Gasteiger partial charge in [0.2, 0.25) is 5.91 Å². The third-order valence-electron chi connectivity index (χ3n) is 7.52. The summed E-state index contributed by atoms with van der Waals surface area (Å²) in [4.78, 5) is 30.1. The summed E-state index contributed by atoms with van der Waals surface area (Å²) in [6.07, 6.45) is 6.15. The van der Waals surface area contributed by atoms with E-state index in [1.165, 1.54) is 19.3 Å². The Bertz CT molecular complexity index is 1430. The number of carboxylic acid groups (broad SMARTS) is 1. The second-order valence-electron chi connectivity index (χ2n) is 10.3. The standard InChI is InChI=1S/C31H35N3O4/c1-20-16-28(38-21(20)2)31(24-8-4-5-9-27(24)34-14-6-3-7-15-34)33-29(35)18-22-10-12-26-25(17-22)23(19-32-26)11-13-30(36)37/h4-5,8-10,12,16-17,19,31-32H,3,6-7,11,13-15,18H2,1-2H3,(H,33,35)(H,36,37). The van der Waals surface area contributed by atoms with Crippen molar-refractivity contribution in [2.24, 2.45) is 0 Å². The van der Waals surface area contributed by atoms with Crippen molar-refractivity contribution in [2.45, 2.75) is 58.4 Å². The van der Waals surface area contributed by atoms with E-state index >= 15 is 0 Å². The highest BCUT2D eigenvalue weighted by Crippen LogP contribution is 2.34. The van der Waals surface area contributed by atoms with Crippen LogP contribution in [0.2, 0.25) is 0 Å². The van der Waals surface area contributed by atoms with Gasteiger partial charge in [-0.1, -0.05) is 24.3 Å². The van der Waals surface area contributed by atoms with Crippen LogP contribution in [-0.2, 0) is 22.4 Å². The molecule has 1 aliphatic rings. The van der Waals surface area contributed by atoms with Gasteiger partial charge in [-0.3, -0.25) is 9.59 Å². The molecule has 0 radical (unpaired) electrons. The van der Waals surface area contributed by atoms with Gasteiger partial charge in [-0.15, -0.1) is 0 Å². The second kappa shape index (κ2) is 11.2. The van der Waals surface area contributed by atoms with Crippen LogP contribution in [0.1, 0.15) is 65.5 Å². The molecule has 1 unspecified atom stereocenters. The number of aryl methyl sites for hydroxylation is 3. The zero-order valence-corrected chi connectivity index (χ0v) is 22.0. The summed E-state index contributed by atoms with van der Waals surface area (Å²) in [7, 11) is 0. The fourth-order valence-corrected chi connectivity index (χ4v) is 5.38. The number of anilines is 1. The average molecular weight is 514 g/mol. The minimum Gasteiger partial charge on any atom is -0.481 e. The van der Waals surface area contributed by atoms with E-state index in [1.54, 1.807) is 0 Å². The van der Waals surface area contributed by atoms with Crippen LogP contribution in [0.25, 0.3) is 10.9 Å². The fraction of sp³-hybridized carbons (Fsp3) is 0.355. The number of hydrogen-bond donors (Lipinski definition) is 3. The molecule has 7 nitrogen and oxygen atoms in total. The summed E-state index contributed by atoms with van der Waals surface area (Å²) in [5.41, 5.74) is 5.99. The first-order valence-corrected chi connectivity index (χ1v) is 13.4. The largest absolute Gasteiger partial charge is 0.481 e. The lowest BCUT2D eigenvalue weighted by Crippen LogP contribution is -2.34. The molecule has 0 bridgehead atoms. The number of carbonyl (C=O) groups is 2. The number of aromatic amines is 1. The molecule has 0 saturated carbocycles. The lowest BCUT2D eigenvalue weighted by Gasteiger charge is -2.32. The third-order valence-corrected chi connectivity index (χ3v) is 7.52. The van der Waals surface area contributed by atoms with Crippen LogP contribution < -0.4 is 10.2 Å². The number of nitrogens with zero attached hydrogens (tertiary/aromatic N) is 1. The van der Waals surface area contributed by atoms with E-state index < -0.39 is 12.0 Å². The molecule has 2 aromatic heterocycles. The van der Waals surface area contributed by atoms with Crippen LogP contribution >= 0.6 is 0 Å². The number of nitrogens with one attached hydrogen (secondary N) is 2. The van der Waals surface area contributed by atoms with E-state index in [1.807, 2.05) is 50.4 Å². The number of carboxylic acids is 1. The van der Waals surface area contributed by atoms with Crippen molar-refractivity contribution in [3.8, 4) is 0 Å². The van der Waals surface area contributed by atoms with Gasteiger partial charge in [0.25, 0.3) is 0 Å². The highest BCUT2D eigenvalue weighted by molar-refractivity contribution is 5.86. The molecule has 3 N–H and O–H groups in total. The molecule has 1 saturated heterocycles. The van der Waals surface area contributed by atoms with Crippen molar-refractivity contribution >= 4 is 28.5 Å². The average Bonchev–Trinajstić information content (AvgIpc) is 3.48. The summed E-state index contributed by atoms with van der Waals surface area (Å²) >= 11 is 0. The Labute approximate surface area is 222 Å². The number of furan rings is 1. The molecule has 4 aromatic rings. The smallest absolute Gasteiger partial charge is 0.303 e. The summed E-state index contributed by atoms with van der Waals surface area (Å²) < 4.78 is 6.15. The molecular formula is C31H35N3O4. The summed E-state index contributed by atoms with van der Waals surface area (Å²) in [5, 5.41) is 13.3. The Kier molecular flexibility index (Phi) is 7.54. The number of amides is 1. The topological polar surface area (TPSA) is 98.6 Å². The maximum absolute atomic E-state index is 13.5. The molecule has 1 fully saturated rings. The van der Waals surface area contributed by atoms with Crippen molar-refractivity contribution in [1.29, 1.82) is 0 Å². The highest BCUT2D eigenvalue weighted by atomic mass is 16.4. The third kappa shape index (κ3) is 5.62. The second-order valence-corrected chi connectivity index (χ2v) is 10.3. The maximum atomic E-state index is 13.5. The minimum absolute atomic E-state index is 0.0672. The molecule has 0 spiro atoms. The maximum Gasteiger partial charge on any atom is 0.303 e. The number of aromatic nitrogens is 1. The molecule has 7 heteroatoms. The van der Waals surface area contributed by atoms with Gasteiger partial charge in [0, 0.05) is 47.9 Å². The molecule has 3 heterocycles. The molecule has 1 atom stereocenters. The predicted octanol–water partition coefficient (Wildman–Crippen LogP) is 5.83. The van der Waals surface area contributed by atoms with Gasteiger partial charge in [0.1, 0.15) is 17.6 Å². The van der Waals surface area contributed by atoms with E-state index in [4.69, 9.17) is 9.52 Å². The molecule has 198 valence electrons. The van der Waals surface area contributed by atoms with Gasteiger partial charge in [-0.25, -0.2) is 0 Å². The SMILES string of the molecule is Cc1cc(C(NC(=O)Cc2ccc3[nH]cc(CCC(=O)O)c3c2)c2ccccc2N2CCCCC2)oc1C. The van der Waals surface area contributed by atoms with Crippen molar-refractivity contribution < 1.29 is 19.1 Å². The summed E-state index contributed by atoms with van der Waals surface area (Å²) in [5.74, 6) is 0.655. The minimum atomic E-state index is -0.825. The monoisotopic (exact) mass is 513 g/mol. The van der Waals surface area contributed by atoms with Crippen LogP contribution in [0.4, 0.5) is 5.69 Å². The number of rotatable bonds is 9. The zero-order chi connectivity index (χ0) is 26.6. The van der Waals surface area contributed by atoms with E-state index in [9.17, 15) is 9.59 Å². The molecule has 38 heavy (non-hydrogen) atoms. The number of benzene rings is 2. The molecule has 5 rings (SSSR count). The van der Waals surface area contributed by atoms with Gasteiger partial charge < -0.3 is 24.7 Å². The lowest BCUT2D eigenvalue weighted by atomic mass is 9.98. The number of piperidine rings is 1. The number of hydrogen-bond acceptors (Lipinski definition) is 4. The molecule has 1 aliphatic heterocycles. The first-order chi connectivity index (χ1) is 18.4. The lowest BCUT2D eigenvalue weighted by molar-refractivity contribution is -0.137. The van der Waals surface area contributed by atoms with Crippen LogP contribution in [0.3, 0.4) is 0 Å². The quantitative estimate of drug-likeness (QED) is 0.261. The highest BCUT2D eigenvalue weighted by Gasteiger charge is 2.26. The van der Waals surface area contributed by atoms with Crippen molar-refractivity contribution in [3.63, 3.8) is 0 Å². The Hall–Kier alpha value is -4.00. The van der Waals surface area contributed by atoms with Crippen LogP contribution in [-0.4, -0.2) is 35.1 Å². The van der Waals surface area contributed by atoms with Crippen LogP contribution in [0.5, 0.6) is 0 Å². The number of para-hydroxylation sites is 1. The molecule has 1 amide bonds. The van der Waals surface area contributed by atoms with E-state index in [2.05, 4.69) is 33.4 Å². The Morgan fingerprint density at radius 2 is 1.87 bits per heavy atom. The van der Waals surface area contributed by atoms with Gasteiger partial charge in [0.05, 0.1) is 6.42 Å². The van der Waals surface area contributed by atoms with Crippen molar-refractivity contribution in [2.75, 3.05) is 18.0 Å². The van der Waals surface area contributed by atoms with Gasteiger partial charge in [0.15, 0.2) is 0 Å². The number of aliphatic carboxylic acids is 1. The van der Waals surface area contributed by atoms with Gasteiger partial charge in [-0.05, 0) is 80.5 Å².